The molecule has 0 amide bonds. The molecule has 0 radical (unpaired) electrons. The van der Waals surface area contributed by atoms with E-state index >= 15 is 0 Å². The van der Waals surface area contributed by atoms with Crippen LogP contribution in [0.15, 0.2) is 65.9 Å². The number of carbonyl (C=O) groups is 1. The monoisotopic (exact) mass is 360 g/mol. The lowest BCUT2D eigenvalue weighted by Crippen LogP contribution is -2.20. The number of allylic oxidation sites excluding steroid dienone is 1. The van der Waals surface area contributed by atoms with Gasteiger partial charge in [-0.25, -0.2) is 0 Å². The molecule has 0 fully saturated rings. The molecule has 0 saturated carbocycles. The maximum atomic E-state index is 12.9. The van der Waals surface area contributed by atoms with Crippen molar-refractivity contribution in [2.24, 2.45) is 11.7 Å². The van der Waals surface area contributed by atoms with E-state index in [1.165, 1.54) is 6.07 Å². The Hall–Kier alpha value is -2.60. The highest BCUT2D eigenvalue weighted by Gasteiger charge is 2.34. The van der Waals surface area contributed by atoms with Gasteiger partial charge in [0.1, 0.15) is 0 Å². The first kappa shape index (κ1) is 18.2. The molecule has 1 aliphatic rings. The summed E-state index contributed by atoms with van der Waals surface area (Å²) in [6.45, 7) is 1.79. The number of benzene rings is 2. The molecule has 1 aliphatic carbocycles. The van der Waals surface area contributed by atoms with E-state index in [1.807, 2.05) is 30.3 Å². The Morgan fingerprint density at radius 2 is 1.81 bits per heavy atom. The Morgan fingerprint density at radius 3 is 2.46 bits per heavy atom. The number of carbonyl (C=O) groups excluding carboxylic acids is 1. The van der Waals surface area contributed by atoms with Gasteiger partial charge in [0.15, 0.2) is 5.78 Å². The highest BCUT2D eigenvalue weighted by atomic mass is 19.4. The van der Waals surface area contributed by atoms with Crippen molar-refractivity contribution in [1.82, 2.24) is 0 Å². The number of nitrogens with two attached hydrogens (primary N) is 1. The minimum absolute atomic E-state index is 0.0733. The molecule has 2 aromatic rings. The van der Waals surface area contributed by atoms with Gasteiger partial charge in [0.25, 0.3) is 0 Å². The van der Waals surface area contributed by atoms with Crippen molar-refractivity contribution in [2.45, 2.75) is 25.6 Å². The first-order valence-corrected chi connectivity index (χ1v) is 8.29. The van der Waals surface area contributed by atoms with Gasteiger partial charge in [-0.3, -0.25) is 4.79 Å². The van der Waals surface area contributed by atoms with Crippen LogP contribution >= 0.6 is 0 Å². The Balaban J connectivity index is 1.95. The number of anilines is 1. The van der Waals surface area contributed by atoms with E-state index in [4.69, 9.17) is 5.73 Å². The molecule has 0 bridgehead atoms. The SMILES string of the molecule is CC1CC(Nc2cccc(C(F)(F)F)c2)=C(C(N)c2ccccc2)C1=O. The number of Topliss-reactive ketones (excluding diaryl/α,β-unsaturated/α-hetero) is 1. The molecular formula is C20H19F3N2O. The summed E-state index contributed by atoms with van der Waals surface area (Å²) < 4.78 is 38.8. The van der Waals surface area contributed by atoms with Gasteiger partial charge in [-0.2, -0.15) is 13.2 Å². The number of hydrogen-bond acceptors (Lipinski definition) is 3. The second-order valence-electron chi connectivity index (χ2n) is 6.45. The van der Waals surface area contributed by atoms with Crippen LogP contribution in [0.1, 0.15) is 30.5 Å². The number of nitrogens with one attached hydrogen (secondary N) is 1. The van der Waals surface area contributed by atoms with Gasteiger partial charge in [-0.05, 0) is 30.2 Å². The smallest absolute Gasteiger partial charge is 0.358 e. The topological polar surface area (TPSA) is 55.1 Å². The number of ketones is 1. The summed E-state index contributed by atoms with van der Waals surface area (Å²) in [5, 5.41) is 2.99. The molecule has 2 unspecified atom stereocenters. The van der Waals surface area contributed by atoms with Crippen molar-refractivity contribution in [2.75, 3.05) is 5.32 Å². The Kier molecular flexibility index (Phi) is 4.87. The van der Waals surface area contributed by atoms with Crippen molar-refractivity contribution in [1.29, 1.82) is 0 Å². The number of halogens is 3. The summed E-state index contributed by atoms with van der Waals surface area (Å²) >= 11 is 0. The van der Waals surface area contributed by atoms with Gasteiger partial charge in [-0.1, -0.05) is 43.3 Å². The lowest BCUT2D eigenvalue weighted by molar-refractivity contribution is -0.137. The van der Waals surface area contributed by atoms with E-state index in [-0.39, 0.29) is 17.4 Å². The third-order valence-corrected chi connectivity index (χ3v) is 4.50. The van der Waals surface area contributed by atoms with E-state index < -0.39 is 17.8 Å². The molecule has 3 rings (SSSR count). The third-order valence-electron chi connectivity index (χ3n) is 4.50. The van der Waals surface area contributed by atoms with Crippen molar-refractivity contribution in [3.05, 3.63) is 77.0 Å². The summed E-state index contributed by atoms with van der Waals surface area (Å²) in [4.78, 5) is 12.6. The Morgan fingerprint density at radius 1 is 1.12 bits per heavy atom. The fraction of sp³-hybridized carbons (Fsp3) is 0.250. The van der Waals surface area contributed by atoms with Crippen LogP contribution in [0.2, 0.25) is 0 Å². The van der Waals surface area contributed by atoms with Crippen LogP contribution in [0, 0.1) is 5.92 Å². The molecule has 0 aliphatic heterocycles. The zero-order chi connectivity index (χ0) is 18.9. The molecule has 0 saturated heterocycles. The van der Waals surface area contributed by atoms with Crippen molar-refractivity contribution in [3.8, 4) is 0 Å². The highest BCUT2D eigenvalue weighted by molar-refractivity contribution is 6.02. The molecule has 0 heterocycles. The fourth-order valence-corrected chi connectivity index (χ4v) is 3.16. The molecule has 0 aromatic heterocycles. The van der Waals surface area contributed by atoms with E-state index in [0.717, 1.165) is 17.7 Å². The van der Waals surface area contributed by atoms with Gasteiger partial charge in [0.2, 0.25) is 0 Å². The molecular weight excluding hydrogens is 341 g/mol. The summed E-state index contributed by atoms with van der Waals surface area (Å²) in [5.74, 6) is -0.330. The number of alkyl halides is 3. The highest BCUT2D eigenvalue weighted by Crippen LogP contribution is 2.36. The first-order valence-electron chi connectivity index (χ1n) is 8.29. The fourth-order valence-electron chi connectivity index (χ4n) is 3.16. The molecule has 26 heavy (non-hydrogen) atoms. The molecule has 136 valence electrons. The van der Waals surface area contributed by atoms with Crippen LogP contribution in [0.25, 0.3) is 0 Å². The minimum atomic E-state index is -4.42. The summed E-state index contributed by atoms with van der Waals surface area (Å²) in [7, 11) is 0. The molecule has 2 aromatic carbocycles. The zero-order valence-electron chi connectivity index (χ0n) is 14.2. The predicted molar refractivity (Wildman–Crippen MR) is 94.3 cm³/mol. The van der Waals surface area contributed by atoms with Crippen molar-refractivity contribution < 1.29 is 18.0 Å². The van der Waals surface area contributed by atoms with Crippen LogP contribution < -0.4 is 11.1 Å². The molecule has 2 atom stereocenters. The van der Waals surface area contributed by atoms with Crippen molar-refractivity contribution in [3.63, 3.8) is 0 Å². The summed E-state index contributed by atoms with van der Waals surface area (Å²) in [6, 6.07) is 13.5. The van der Waals surface area contributed by atoms with E-state index in [0.29, 0.717) is 17.7 Å². The van der Waals surface area contributed by atoms with Crippen LogP contribution in [0.3, 0.4) is 0 Å². The maximum absolute atomic E-state index is 12.9. The maximum Gasteiger partial charge on any atom is 0.416 e. The summed E-state index contributed by atoms with van der Waals surface area (Å²) in [6.07, 6.45) is -4.00. The molecule has 6 heteroatoms. The number of hydrogen-bond donors (Lipinski definition) is 2. The third kappa shape index (κ3) is 3.65. The van der Waals surface area contributed by atoms with Crippen molar-refractivity contribution >= 4 is 11.5 Å². The van der Waals surface area contributed by atoms with E-state index in [1.54, 1.807) is 13.0 Å². The number of rotatable bonds is 4. The Bertz CT molecular complexity index is 844. The van der Waals surface area contributed by atoms with Gasteiger partial charge in [0.05, 0.1) is 11.6 Å². The second kappa shape index (κ2) is 6.96. The largest absolute Gasteiger partial charge is 0.416 e. The normalized spacial score (nSPS) is 19.0. The van der Waals surface area contributed by atoms with Gasteiger partial charge >= 0.3 is 6.18 Å². The second-order valence-corrected chi connectivity index (χ2v) is 6.45. The van der Waals surface area contributed by atoms with Crippen LogP contribution in [-0.2, 0) is 11.0 Å². The Labute approximate surface area is 149 Å². The van der Waals surface area contributed by atoms with Crippen LogP contribution in [0.5, 0.6) is 0 Å². The first-order chi connectivity index (χ1) is 12.3. The molecule has 0 spiro atoms. The van der Waals surface area contributed by atoms with Gasteiger partial charge in [-0.15, -0.1) is 0 Å². The average molecular weight is 360 g/mol. The van der Waals surface area contributed by atoms with E-state index in [9.17, 15) is 18.0 Å². The average Bonchev–Trinajstić information content (AvgIpc) is 2.88. The molecule has 3 nitrogen and oxygen atoms in total. The lowest BCUT2D eigenvalue weighted by Gasteiger charge is -2.17. The predicted octanol–water partition coefficient (Wildman–Crippen LogP) is 4.68. The quantitative estimate of drug-likeness (QED) is 0.832. The van der Waals surface area contributed by atoms with Gasteiger partial charge in [0, 0.05) is 22.9 Å². The standard InChI is InChI=1S/C20H19F3N2O/c1-12-10-16(25-15-9-5-8-14(11-15)20(21,22)23)17(19(12)26)18(24)13-6-3-2-4-7-13/h2-9,11-12,18,25H,10,24H2,1H3. The van der Waals surface area contributed by atoms with Gasteiger partial charge < -0.3 is 11.1 Å². The van der Waals surface area contributed by atoms with Crippen LogP contribution in [0.4, 0.5) is 18.9 Å². The zero-order valence-corrected chi connectivity index (χ0v) is 14.2. The van der Waals surface area contributed by atoms with E-state index in [2.05, 4.69) is 5.32 Å². The lowest BCUT2D eigenvalue weighted by atomic mass is 9.96. The summed E-state index contributed by atoms with van der Waals surface area (Å²) in [5.41, 5.74) is 7.64. The van der Waals surface area contributed by atoms with Crippen LogP contribution in [-0.4, -0.2) is 5.78 Å². The minimum Gasteiger partial charge on any atom is -0.358 e. The molecule has 3 N–H and O–H groups in total.